The smallest absolute Gasteiger partial charge is 0.411 e. The molecule has 13 heteroatoms. The van der Waals surface area contributed by atoms with Crippen LogP contribution in [0.1, 0.15) is 12.5 Å². The topological polar surface area (TPSA) is 103 Å². The number of aromatic nitrogens is 3. The fraction of sp³-hybridized carbons (Fsp3) is 0.344. The maximum absolute atomic E-state index is 11.6. The molecular weight excluding hydrogens is 619 g/mol. The van der Waals surface area contributed by atoms with E-state index in [0.717, 1.165) is 43.3 Å². The molecule has 4 aromatic rings. The van der Waals surface area contributed by atoms with E-state index < -0.39 is 11.9 Å². The lowest BCUT2D eigenvalue weighted by atomic mass is 10.1. The van der Waals surface area contributed by atoms with E-state index in [9.17, 15) is 4.79 Å². The summed E-state index contributed by atoms with van der Waals surface area (Å²) in [5.41, 5.74) is 3.64. The Balaban J connectivity index is 1.01. The van der Waals surface area contributed by atoms with Gasteiger partial charge < -0.3 is 28.7 Å². The maximum Gasteiger partial charge on any atom is 0.411 e. The van der Waals surface area contributed by atoms with E-state index in [1.54, 1.807) is 30.1 Å². The molecule has 1 aromatic heterocycles. The number of piperazine rings is 1. The van der Waals surface area contributed by atoms with E-state index >= 15 is 0 Å². The lowest BCUT2D eigenvalue weighted by Gasteiger charge is -2.37. The van der Waals surface area contributed by atoms with Gasteiger partial charge in [0.2, 0.25) is 5.79 Å². The van der Waals surface area contributed by atoms with Crippen molar-refractivity contribution in [2.24, 2.45) is 0 Å². The molecular formula is C32H34Cl2N6O5. The number of rotatable bonds is 10. The molecule has 2 aliphatic heterocycles. The lowest BCUT2D eigenvalue weighted by molar-refractivity contribution is -0.190. The van der Waals surface area contributed by atoms with Crippen LogP contribution < -0.4 is 19.9 Å². The van der Waals surface area contributed by atoms with Crippen molar-refractivity contribution in [1.82, 2.24) is 14.8 Å². The molecule has 2 aliphatic rings. The van der Waals surface area contributed by atoms with Gasteiger partial charge in [0.1, 0.15) is 37.7 Å². The van der Waals surface area contributed by atoms with E-state index in [-0.39, 0.29) is 12.6 Å². The number of ether oxygens (including phenoxy) is 4. The third-order valence-electron chi connectivity index (χ3n) is 7.71. The van der Waals surface area contributed by atoms with E-state index in [0.29, 0.717) is 41.1 Å². The number of hydrogen-bond donors (Lipinski definition) is 1. The molecule has 0 aliphatic carbocycles. The Labute approximate surface area is 271 Å². The van der Waals surface area contributed by atoms with Crippen LogP contribution in [0.3, 0.4) is 0 Å². The Morgan fingerprint density at radius 2 is 1.69 bits per heavy atom. The Bertz CT molecular complexity index is 1570. The largest absolute Gasteiger partial charge is 0.491 e. The fourth-order valence-corrected chi connectivity index (χ4v) is 6.04. The van der Waals surface area contributed by atoms with E-state index in [1.165, 1.54) is 6.33 Å². The molecule has 1 amide bonds. The van der Waals surface area contributed by atoms with Crippen LogP contribution in [0.4, 0.5) is 21.9 Å². The molecule has 45 heavy (non-hydrogen) atoms. The first kappa shape index (κ1) is 31.0. The summed E-state index contributed by atoms with van der Waals surface area (Å²) < 4.78 is 25.4. The highest BCUT2D eigenvalue weighted by molar-refractivity contribution is 6.35. The van der Waals surface area contributed by atoms with Gasteiger partial charge in [0.15, 0.2) is 0 Å². The van der Waals surface area contributed by atoms with Gasteiger partial charge in [-0.3, -0.25) is 5.32 Å². The molecule has 6 rings (SSSR count). The number of amides is 1. The minimum Gasteiger partial charge on any atom is -0.491 e. The molecule has 11 nitrogen and oxygen atoms in total. The second kappa shape index (κ2) is 13.9. The monoisotopic (exact) mass is 652 g/mol. The van der Waals surface area contributed by atoms with Gasteiger partial charge in [-0.2, -0.15) is 5.10 Å². The number of halogens is 2. The van der Waals surface area contributed by atoms with Crippen molar-refractivity contribution in [3.05, 3.63) is 95.0 Å². The van der Waals surface area contributed by atoms with E-state index in [4.69, 9.17) is 42.1 Å². The van der Waals surface area contributed by atoms with Gasteiger partial charge in [0.25, 0.3) is 0 Å². The molecule has 3 aromatic carbocycles. The van der Waals surface area contributed by atoms with Gasteiger partial charge in [0.05, 0.1) is 18.2 Å². The van der Waals surface area contributed by atoms with Crippen LogP contribution in [0.5, 0.6) is 5.75 Å². The minimum absolute atomic E-state index is 0.269. The summed E-state index contributed by atoms with van der Waals surface area (Å²) >= 11 is 12.7. The molecule has 2 saturated heterocycles. The van der Waals surface area contributed by atoms with Crippen molar-refractivity contribution in [2.75, 3.05) is 61.1 Å². The third-order valence-corrected chi connectivity index (χ3v) is 8.26. The molecule has 2 atom stereocenters. The van der Waals surface area contributed by atoms with Crippen LogP contribution in [-0.4, -0.2) is 73.0 Å². The summed E-state index contributed by atoms with van der Waals surface area (Å²) in [5.74, 6) is -0.410. The number of hydrogen-bond acceptors (Lipinski definition) is 9. The van der Waals surface area contributed by atoms with Crippen molar-refractivity contribution in [1.29, 1.82) is 0 Å². The Kier molecular flexibility index (Phi) is 9.60. The standard InChI is InChI=1S/C32H34Cl2N6O5/c1-2-42-31(41)37-24-4-6-25(7-5-24)38-13-15-39(16-14-38)26-8-10-27(11-9-26)43-18-28-19-44-32(45-28,20-40-22-35-21-36-40)29-12-3-23(33)17-30(29)34/h3-12,17,21-22,28H,2,13-16,18-20H2,1H3,(H,37,41). The van der Waals surface area contributed by atoms with Gasteiger partial charge >= 0.3 is 6.09 Å². The highest BCUT2D eigenvalue weighted by Crippen LogP contribution is 2.40. The Morgan fingerprint density at radius 3 is 2.31 bits per heavy atom. The molecule has 2 fully saturated rings. The van der Waals surface area contributed by atoms with E-state index in [1.807, 2.05) is 42.5 Å². The van der Waals surface area contributed by atoms with Crippen LogP contribution >= 0.6 is 23.2 Å². The highest BCUT2D eigenvalue weighted by atomic mass is 35.5. The van der Waals surface area contributed by atoms with E-state index in [2.05, 4.69) is 37.3 Å². The van der Waals surface area contributed by atoms with Crippen molar-refractivity contribution < 1.29 is 23.7 Å². The zero-order chi connectivity index (χ0) is 31.2. The number of nitrogens with zero attached hydrogens (tertiary/aromatic N) is 5. The molecule has 0 bridgehead atoms. The molecule has 236 valence electrons. The molecule has 2 unspecified atom stereocenters. The molecule has 1 N–H and O–H groups in total. The summed E-state index contributed by atoms with van der Waals surface area (Å²) in [6, 6.07) is 21.2. The number of nitrogens with one attached hydrogen (secondary N) is 1. The number of benzene rings is 3. The molecule has 0 spiro atoms. The lowest BCUT2D eigenvalue weighted by Crippen LogP contribution is -2.46. The SMILES string of the molecule is CCOC(=O)Nc1ccc(N2CCN(c3ccc(OCC4COC(Cn5cncn5)(c5ccc(Cl)cc5Cl)O4)cc3)CC2)cc1. The first-order valence-corrected chi connectivity index (χ1v) is 15.5. The maximum atomic E-state index is 11.6. The number of carbonyl (C=O) groups excluding carboxylic acids is 1. The summed E-state index contributed by atoms with van der Waals surface area (Å²) in [6.07, 6.45) is 2.29. The van der Waals surface area contributed by atoms with Crippen LogP contribution in [0.2, 0.25) is 10.0 Å². The first-order valence-electron chi connectivity index (χ1n) is 14.8. The normalized spacial score (nSPS) is 19.8. The summed E-state index contributed by atoms with van der Waals surface area (Å²) in [5, 5.41) is 7.92. The molecule has 0 radical (unpaired) electrons. The van der Waals surface area contributed by atoms with Gasteiger partial charge in [-0.15, -0.1) is 0 Å². The predicted molar refractivity (Wildman–Crippen MR) is 172 cm³/mol. The summed E-state index contributed by atoms with van der Waals surface area (Å²) in [4.78, 5) is 20.4. The zero-order valence-corrected chi connectivity index (χ0v) is 26.3. The van der Waals surface area contributed by atoms with Crippen LogP contribution in [0.25, 0.3) is 0 Å². The average Bonchev–Trinajstić information content (AvgIpc) is 3.71. The Hall–Kier alpha value is -4.03. The average molecular weight is 654 g/mol. The summed E-state index contributed by atoms with van der Waals surface area (Å²) in [7, 11) is 0. The predicted octanol–water partition coefficient (Wildman–Crippen LogP) is 5.83. The number of carbonyl (C=O) groups is 1. The van der Waals surface area contributed by atoms with Crippen LogP contribution in [0, 0.1) is 0 Å². The van der Waals surface area contributed by atoms with Crippen LogP contribution in [0.15, 0.2) is 79.4 Å². The summed E-state index contributed by atoms with van der Waals surface area (Å²) in [6.45, 7) is 6.55. The van der Waals surface area contributed by atoms with Gasteiger partial charge in [0, 0.05) is 53.8 Å². The van der Waals surface area contributed by atoms with Crippen molar-refractivity contribution >= 4 is 46.4 Å². The highest BCUT2D eigenvalue weighted by Gasteiger charge is 2.45. The zero-order valence-electron chi connectivity index (χ0n) is 24.8. The second-order valence-electron chi connectivity index (χ2n) is 10.7. The van der Waals surface area contributed by atoms with Crippen molar-refractivity contribution in [3.8, 4) is 5.75 Å². The van der Waals surface area contributed by atoms with Gasteiger partial charge in [-0.1, -0.05) is 29.3 Å². The second-order valence-corrected chi connectivity index (χ2v) is 11.5. The molecule has 0 saturated carbocycles. The fourth-order valence-electron chi connectivity index (χ4n) is 5.49. The quantitative estimate of drug-likeness (QED) is 0.227. The van der Waals surface area contributed by atoms with Crippen molar-refractivity contribution in [2.45, 2.75) is 25.4 Å². The minimum atomic E-state index is -1.16. The molecule has 3 heterocycles. The number of anilines is 3. The van der Waals surface area contributed by atoms with Gasteiger partial charge in [-0.05, 0) is 67.6 Å². The Morgan fingerprint density at radius 1 is 1.00 bits per heavy atom. The van der Waals surface area contributed by atoms with Crippen molar-refractivity contribution in [3.63, 3.8) is 0 Å². The first-order chi connectivity index (χ1) is 21.9. The van der Waals surface area contributed by atoms with Gasteiger partial charge in [-0.25, -0.2) is 14.5 Å². The van der Waals surface area contributed by atoms with Crippen LogP contribution in [-0.2, 0) is 26.5 Å². The third kappa shape index (κ3) is 7.45.